The van der Waals surface area contributed by atoms with Crippen LogP contribution in [0.15, 0.2) is 27.6 Å². The summed E-state index contributed by atoms with van der Waals surface area (Å²) in [6.45, 7) is 4.42. The number of fused-ring (bicyclic) bond motifs is 5. The van der Waals surface area contributed by atoms with Crippen molar-refractivity contribution in [1.82, 2.24) is 0 Å². The third kappa shape index (κ3) is 3.24. The Hall–Kier alpha value is -1.22. The molecule has 0 amide bonds. The van der Waals surface area contributed by atoms with E-state index in [1.165, 1.54) is 12.3 Å². The van der Waals surface area contributed by atoms with Crippen LogP contribution in [0.3, 0.4) is 0 Å². The Labute approximate surface area is 189 Å². The van der Waals surface area contributed by atoms with E-state index in [0.29, 0.717) is 18.8 Å². The van der Waals surface area contributed by atoms with E-state index in [1.807, 2.05) is 0 Å². The third-order valence-corrected chi connectivity index (χ3v) is 10.7. The van der Waals surface area contributed by atoms with E-state index < -0.39 is 27.0 Å². The summed E-state index contributed by atoms with van der Waals surface area (Å²) in [5.41, 5.74) is -0.995. The second-order valence-electron chi connectivity index (χ2n) is 11.3. The minimum atomic E-state index is -4.66. The Morgan fingerprint density at radius 2 is 1.81 bits per heavy atom. The molecule has 0 spiro atoms. The van der Waals surface area contributed by atoms with Crippen molar-refractivity contribution in [3.63, 3.8) is 0 Å². The van der Waals surface area contributed by atoms with Gasteiger partial charge in [0, 0.05) is 11.5 Å². The minimum absolute atomic E-state index is 0.0142. The van der Waals surface area contributed by atoms with Gasteiger partial charge >= 0.3 is 16.0 Å². The number of aliphatic hydroxyl groups excluding tert-OH is 1. The van der Waals surface area contributed by atoms with Crippen LogP contribution in [0, 0.1) is 28.6 Å². The molecule has 32 heavy (non-hydrogen) atoms. The molecule has 8 atom stereocenters. The molecule has 4 saturated carbocycles. The Balaban J connectivity index is 1.58. The summed E-state index contributed by atoms with van der Waals surface area (Å²) in [6.07, 6.45) is 8.54. The fourth-order valence-electron chi connectivity index (χ4n) is 8.66. The number of rotatable bonds is 3. The van der Waals surface area contributed by atoms with Gasteiger partial charge in [-0.2, -0.15) is 8.42 Å². The fourth-order valence-corrected chi connectivity index (χ4v) is 9.43. The van der Waals surface area contributed by atoms with Crippen LogP contribution in [-0.4, -0.2) is 29.8 Å². The highest BCUT2D eigenvalue weighted by Gasteiger charge is 2.70. The molecular weight excluding hydrogens is 432 g/mol. The maximum Gasteiger partial charge on any atom is 0.397 e. The van der Waals surface area contributed by atoms with Crippen molar-refractivity contribution in [2.24, 2.45) is 28.6 Å². The van der Waals surface area contributed by atoms with E-state index in [2.05, 4.69) is 13.8 Å². The van der Waals surface area contributed by atoms with Crippen LogP contribution < -0.4 is 5.63 Å². The van der Waals surface area contributed by atoms with Crippen molar-refractivity contribution < 1.29 is 26.7 Å². The summed E-state index contributed by atoms with van der Waals surface area (Å²) in [7, 11) is -4.66. The maximum absolute atomic E-state index is 12.2. The van der Waals surface area contributed by atoms with E-state index in [9.17, 15) is 22.9 Å². The molecule has 0 radical (unpaired) electrons. The molecule has 1 aromatic heterocycles. The zero-order chi connectivity index (χ0) is 22.9. The first-order chi connectivity index (χ1) is 15.0. The van der Waals surface area contributed by atoms with Crippen molar-refractivity contribution in [2.45, 2.75) is 89.3 Å². The van der Waals surface area contributed by atoms with E-state index in [-0.39, 0.29) is 29.3 Å². The SMILES string of the molecule is C[C@]12CC[C@H](O)C[C@H]1CC[C@@H]1[C@@H]2CC[C@]2(C)[C@@H](c3ccc(=O)oc3)CC[C@]12OS(=O)(=O)O. The number of hydrogen-bond donors (Lipinski definition) is 2. The smallest absolute Gasteiger partial charge is 0.397 e. The van der Waals surface area contributed by atoms with Gasteiger partial charge in [0.2, 0.25) is 0 Å². The maximum atomic E-state index is 12.2. The van der Waals surface area contributed by atoms with Gasteiger partial charge in [0.25, 0.3) is 0 Å². The fraction of sp³-hybridized carbons (Fsp3) is 0.792. The van der Waals surface area contributed by atoms with Crippen LogP contribution in [0.5, 0.6) is 0 Å². The lowest BCUT2D eigenvalue weighted by molar-refractivity contribution is -0.193. The quantitative estimate of drug-likeness (QED) is 0.646. The van der Waals surface area contributed by atoms with Gasteiger partial charge < -0.3 is 9.52 Å². The molecule has 2 N–H and O–H groups in total. The normalized spacial score (nSPS) is 46.2. The molecule has 0 aromatic carbocycles. The molecule has 8 heteroatoms. The summed E-state index contributed by atoms with van der Waals surface area (Å²) in [5, 5.41) is 10.3. The molecule has 5 rings (SSSR count). The molecule has 4 fully saturated rings. The van der Waals surface area contributed by atoms with Gasteiger partial charge in [0.15, 0.2) is 0 Å². The standard InChI is InChI=1S/C24H34O7S/c1-22-10-7-17(25)13-16(22)4-5-20-19(22)8-11-23(2)18(15-3-6-21(26)30-14-15)9-12-24(20,23)31-32(27,28)29/h3,6,14,16-20,25H,4-5,7-13H2,1-2H3,(H,27,28,29)/t16-,17+,18-,19+,20-,22+,23-,24+/m1/s1. The molecule has 4 aliphatic rings. The van der Waals surface area contributed by atoms with Crippen LogP contribution in [0.2, 0.25) is 0 Å². The average molecular weight is 467 g/mol. The summed E-state index contributed by atoms with van der Waals surface area (Å²) >= 11 is 0. The molecule has 1 aromatic rings. The lowest BCUT2D eigenvalue weighted by atomic mass is 9.43. The molecule has 7 nitrogen and oxygen atoms in total. The van der Waals surface area contributed by atoms with Crippen molar-refractivity contribution in [1.29, 1.82) is 0 Å². The van der Waals surface area contributed by atoms with Gasteiger partial charge in [-0.1, -0.05) is 13.8 Å². The van der Waals surface area contributed by atoms with Gasteiger partial charge in [-0.05, 0) is 98.5 Å². The van der Waals surface area contributed by atoms with Gasteiger partial charge in [-0.3, -0.25) is 4.55 Å². The largest absolute Gasteiger partial charge is 0.431 e. The van der Waals surface area contributed by atoms with E-state index in [1.54, 1.807) is 6.07 Å². The summed E-state index contributed by atoms with van der Waals surface area (Å²) in [5.74, 6) is 0.713. The Bertz CT molecular complexity index is 1030. The van der Waals surface area contributed by atoms with Crippen LogP contribution in [0.1, 0.15) is 83.1 Å². The lowest BCUT2D eigenvalue weighted by Crippen LogP contribution is -2.63. The first-order valence-electron chi connectivity index (χ1n) is 11.9. The first kappa shape index (κ1) is 22.6. The highest BCUT2D eigenvalue weighted by molar-refractivity contribution is 7.80. The number of aliphatic hydroxyl groups is 1. The predicted molar refractivity (Wildman–Crippen MR) is 117 cm³/mol. The van der Waals surface area contributed by atoms with E-state index in [0.717, 1.165) is 50.5 Å². The monoisotopic (exact) mass is 466 g/mol. The Morgan fingerprint density at radius 3 is 2.50 bits per heavy atom. The molecule has 0 bridgehead atoms. The van der Waals surface area contributed by atoms with Crippen LogP contribution in [-0.2, 0) is 14.6 Å². The van der Waals surface area contributed by atoms with Crippen molar-refractivity contribution in [2.75, 3.05) is 0 Å². The Morgan fingerprint density at radius 1 is 1.03 bits per heavy atom. The first-order valence-corrected chi connectivity index (χ1v) is 13.3. The average Bonchev–Trinajstić information content (AvgIpc) is 3.00. The summed E-state index contributed by atoms with van der Waals surface area (Å²) in [4.78, 5) is 11.5. The topological polar surface area (TPSA) is 114 Å². The predicted octanol–water partition coefficient (Wildman–Crippen LogP) is 4.07. The Kier molecular flexibility index (Phi) is 5.21. The molecule has 0 unspecified atom stereocenters. The van der Waals surface area contributed by atoms with E-state index in [4.69, 9.17) is 8.60 Å². The lowest BCUT2D eigenvalue weighted by Gasteiger charge is -2.64. The molecule has 0 saturated heterocycles. The second-order valence-corrected chi connectivity index (χ2v) is 12.3. The second kappa shape index (κ2) is 7.39. The highest BCUT2D eigenvalue weighted by atomic mass is 32.3. The van der Waals surface area contributed by atoms with Crippen LogP contribution >= 0.6 is 0 Å². The van der Waals surface area contributed by atoms with Gasteiger partial charge in [-0.25, -0.2) is 8.98 Å². The van der Waals surface area contributed by atoms with Crippen molar-refractivity contribution >= 4 is 10.4 Å². The van der Waals surface area contributed by atoms with Gasteiger partial charge in [-0.15, -0.1) is 0 Å². The molecule has 4 aliphatic carbocycles. The van der Waals surface area contributed by atoms with Crippen molar-refractivity contribution in [3.8, 4) is 0 Å². The molecule has 1 heterocycles. The zero-order valence-corrected chi connectivity index (χ0v) is 19.6. The van der Waals surface area contributed by atoms with Crippen LogP contribution in [0.25, 0.3) is 0 Å². The van der Waals surface area contributed by atoms with Crippen molar-refractivity contribution in [3.05, 3.63) is 34.4 Å². The molecule has 0 aliphatic heterocycles. The molecular formula is C24H34O7S. The number of hydrogen-bond acceptors (Lipinski definition) is 6. The molecule has 178 valence electrons. The summed E-state index contributed by atoms with van der Waals surface area (Å²) < 4.78 is 45.2. The highest BCUT2D eigenvalue weighted by Crippen LogP contribution is 2.71. The summed E-state index contributed by atoms with van der Waals surface area (Å²) in [6, 6.07) is 3.19. The third-order valence-electron chi connectivity index (χ3n) is 10.2. The minimum Gasteiger partial charge on any atom is -0.431 e. The zero-order valence-electron chi connectivity index (χ0n) is 18.8. The van der Waals surface area contributed by atoms with E-state index >= 15 is 0 Å². The van der Waals surface area contributed by atoms with Gasteiger partial charge in [0.1, 0.15) is 0 Å². The van der Waals surface area contributed by atoms with Gasteiger partial charge in [0.05, 0.1) is 18.0 Å². The van der Waals surface area contributed by atoms with Crippen LogP contribution in [0.4, 0.5) is 0 Å².